The normalized spacial score (nSPS) is 18.2. The maximum absolute atomic E-state index is 5.97. The number of aromatic nitrogens is 2. The Kier molecular flexibility index (Phi) is 2.74. The van der Waals surface area contributed by atoms with Gasteiger partial charge in [-0.3, -0.25) is 9.97 Å². The van der Waals surface area contributed by atoms with Crippen molar-refractivity contribution in [2.45, 2.75) is 18.9 Å². The van der Waals surface area contributed by atoms with Gasteiger partial charge in [0.05, 0.1) is 18.5 Å². The number of hydrogen-bond acceptors (Lipinski definition) is 4. The van der Waals surface area contributed by atoms with Crippen molar-refractivity contribution in [2.75, 3.05) is 6.61 Å². The van der Waals surface area contributed by atoms with E-state index in [2.05, 4.69) is 9.97 Å². The number of ether oxygens (including phenoxy) is 1. The van der Waals surface area contributed by atoms with Crippen LogP contribution in [-0.4, -0.2) is 16.6 Å². The Bertz CT molecular complexity index is 323. The van der Waals surface area contributed by atoms with E-state index < -0.39 is 0 Å². The zero-order valence-electron chi connectivity index (χ0n) is 7.89. The minimum absolute atomic E-state index is 0.274. The zero-order valence-corrected chi connectivity index (χ0v) is 7.89. The summed E-state index contributed by atoms with van der Waals surface area (Å²) in [5, 5.41) is 0. The molecular formula is C10H13N3O. The van der Waals surface area contributed by atoms with Crippen molar-refractivity contribution in [1.29, 1.82) is 0 Å². The summed E-state index contributed by atoms with van der Waals surface area (Å²) >= 11 is 0. The molecule has 1 aromatic heterocycles. The van der Waals surface area contributed by atoms with Crippen LogP contribution < -0.4 is 5.73 Å². The maximum atomic E-state index is 5.97. The summed E-state index contributed by atoms with van der Waals surface area (Å²) < 4.78 is 5.46. The van der Waals surface area contributed by atoms with Gasteiger partial charge in [0.15, 0.2) is 0 Å². The van der Waals surface area contributed by atoms with Crippen LogP contribution in [0.4, 0.5) is 0 Å². The fourth-order valence-electron chi connectivity index (χ4n) is 1.41. The molecule has 0 saturated heterocycles. The van der Waals surface area contributed by atoms with Crippen LogP contribution in [-0.2, 0) is 4.74 Å². The van der Waals surface area contributed by atoms with Gasteiger partial charge < -0.3 is 10.5 Å². The lowest BCUT2D eigenvalue weighted by Gasteiger charge is -2.19. The largest absolute Gasteiger partial charge is 0.496 e. The molecule has 2 heterocycles. The Morgan fingerprint density at radius 1 is 1.43 bits per heavy atom. The lowest BCUT2D eigenvalue weighted by atomic mass is 10.1. The molecule has 1 aliphatic rings. The Hall–Kier alpha value is -1.42. The van der Waals surface area contributed by atoms with Crippen LogP contribution in [0.15, 0.2) is 30.4 Å². The first-order chi connectivity index (χ1) is 6.88. The minimum atomic E-state index is -0.274. The maximum Gasteiger partial charge on any atom is 0.115 e. The molecule has 0 aromatic carbocycles. The van der Waals surface area contributed by atoms with Crippen LogP contribution in [0.3, 0.4) is 0 Å². The van der Waals surface area contributed by atoms with Crippen LogP contribution in [0.1, 0.15) is 24.6 Å². The van der Waals surface area contributed by atoms with Gasteiger partial charge in [0, 0.05) is 12.4 Å². The predicted octanol–water partition coefficient (Wildman–Crippen LogP) is 1.17. The molecule has 4 nitrogen and oxygen atoms in total. The molecule has 2 rings (SSSR count). The number of nitrogens with two attached hydrogens (primary N) is 1. The van der Waals surface area contributed by atoms with Crippen LogP contribution in [0.25, 0.3) is 0 Å². The summed E-state index contributed by atoms with van der Waals surface area (Å²) in [6.07, 6.45) is 9.07. The van der Waals surface area contributed by atoms with E-state index in [9.17, 15) is 0 Å². The van der Waals surface area contributed by atoms with E-state index in [1.807, 2.05) is 6.08 Å². The molecule has 0 amide bonds. The quantitative estimate of drug-likeness (QED) is 0.762. The summed E-state index contributed by atoms with van der Waals surface area (Å²) in [7, 11) is 0. The van der Waals surface area contributed by atoms with Crippen LogP contribution in [0.2, 0.25) is 0 Å². The van der Waals surface area contributed by atoms with Crippen molar-refractivity contribution in [3.63, 3.8) is 0 Å². The van der Waals surface area contributed by atoms with Crippen molar-refractivity contribution in [3.05, 3.63) is 36.1 Å². The van der Waals surface area contributed by atoms with Gasteiger partial charge in [-0.15, -0.1) is 0 Å². The molecule has 4 heteroatoms. The first-order valence-electron chi connectivity index (χ1n) is 4.72. The van der Waals surface area contributed by atoms with Gasteiger partial charge in [-0.25, -0.2) is 0 Å². The second-order valence-corrected chi connectivity index (χ2v) is 3.21. The zero-order chi connectivity index (χ0) is 9.80. The monoisotopic (exact) mass is 191 g/mol. The van der Waals surface area contributed by atoms with E-state index in [1.54, 1.807) is 18.6 Å². The van der Waals surface area contributed by atoms with E-state index in [-0.39, 0.29) is 6.04 Å². The third-order valence-electron chi connectivity index (χ3n) is 2.17. The van der Waals surface area contributed by atoms with Crippen molar-refractivity contribution >= 4 is 0 Å². The van der Waals surface area contributed by atoms with Crippen LogP contribution in [0.5, 0.6) is 0 Å². The minimum Gasteiger partial charge on any atom is -0.496 e. The third kappa shape index (κ3) is 1.90. The predicted molar refractivity (Wildman–Crippen MR) is 52.2 cm³/mol. The molecular weight excluding hydrogens is 178 g/mol. The number of nitrogens with zero attached hydrogens (tertiary/aromatic N) is 2. The molecule has 0 spiro atoms. The molecule has 0 saturated carbocycles. The smallest absolute Gasteiger partial charge is 0.115 e. The number of allylic oxidation sites excluding steroid dienone is 1. The molecule has 2 N–H and O–H groups in total. The van der Waals surface area contributed by atoms with Crippen molar-refractivity contribution in [3.8, 4) is 0 Å². The Morgan fingerprint density at radius 3 is 3.00 bits per heavy atom. The van der Waals surface area contributed by atoms with Gasteiger partial charge in [0.2, 0.25) is 0 Å². The molecule has 0 aliphatic carbocycles. The second kappa shape index (κ2) is 4.19. The number of hydrogen-bond donors (Lipinski definition) is 1. The summed E-state index contributed by atoms with van der Waals surface area (Å²) in [6, 6.07) is -0.274. The highest BCUT2D eigenvalue weighted by molar-refractivity contribution is 5.15. The van der Waals surface area contributed by atoms with Crippen molar-refractivity contribution in [1.82, 2.24) is 9.97 Å². The van der Waals surface area contributed by atoms with Gasteiger partial charge in [-0.1, -0.05) is 0 Å². The van der Waals surface area contributed by atoms with Gasteiger partial charge in [0.1, 0.15) is 11.8 Å². The standard InChI is InChI=1S/C10H13N3O/c11-10(8-7-12-4-5-13-8)9-3-1-2-6-14-9/h3-5,7,10H,1-2,6,11H2. The SMILES string of the molecule is NC(C1=CCCCO1)c1cnccn1. The first-order valence-corrected chi connectivity index (χ1v) is 4.72. The summed E-state index contributed by atoms with van der Waals surface area (Å²) in [5.41, 5.74) is 6.72. The third-order valence-corrected chi connectivity index (χ3v) is 2.17. The molecule has 14 heavy (non-hydrogen) atoms. The van der Waals surface area contributed by atoms with Crippen molar-refractivity contribution in [2.24, 2.45) is 5.73 Å². The summed E-state index contributed by atoms with van der Waals surface area (Å²) in [4.78, 5) is 8.12. The molecule has 1 aliphatic heterocycles. The number of rotatable bonds is 2. The first kappa shape index (κ1) is 9.15. The lowest BCUT2D eigenvalue weighted by molar-refractivity contribution is 0.175. The summed E-state index contributed by atoms with van der Waals surface area (Å²) in [5.74, 6) is 0.816. The van der Waals surface area contributed by atoms with E-state index in [0.29, 0.717) is 0 Å². The van der Waals surface area contributed by atoms with Gasteiger partial charge in [0.25, 0.3) is 0 Å². The van der Waals surface area contributed by atoms with Gasteiger partial charge in [-0.05, 0) is 18.9 Å². The van der Waals surface area contributed by atoms with E-state index >= 15 is 0 Å². The molecule has 0 fully saturated rings. The highest BCUT2D eigenvalue weighted by atomic mass is 16.5. The van der Waals surface area contributed by atoms with Gasteiger partial charge >= 0.3 is 0 Å². The van der Waals surface area contributed by atoms with E-state index in [1.165, 1.54) is 0 Å². The molecule has 1 unspecified atom stereocenters. The molecule has 74 valence electrons. The average Bonchev–Trinajstić information content (AvgIpc) is 2.30. The van der Waals surface area contributed by atoms with Crippen LogP contribution >= 0.6 is 0 Å². The topological polar surface area (TPSA) is 61.0 Å². The summed E-state index contributed by atoms with van der Waals surface area (Å²) in [6.45, 7) is 0.750. The fourth-order valence-corrected chi connectivity index (χ4v) is 1.41. The Balaban J connectivity index is 2.15. The molecule has 0 bridgehead atoms. The molecule has 1 aromatic rings. The molecule has 0 radical (unpaired) electrons. The average molecular weight is 191 g/mol. The second-order valence-electron chi connectivity index (χ2n) is 3.21. The van der Waals surface area contributed by atoms with Crippen LogP contribution in [0, 0.1) is 0 Å². The highest BCUT2D eigenvalue weighted by Crippen LogP contribution is 2.21. The van der Waals surface area contributed by atoms with Gasteiger partial charge in [-0.2, -0.15) is 0 Å². The fraction of sp³-hybridized carbons (Fsp3) is 0.400. The Morgan fingerprint density at radius 2 is 2.36 bits per heavy atom. The van der Waals surface area contributed by atoms with Crippen molar-refractivity contribution < 1.29 is 4.74 Å². The van der Waals surface area contributed by atoms with E-state index in [0.717, 1.165) is 30.9 Å². The molecule has 1 atom stereocenters. The lowest BCUT2D eigenvalue weighted by Crippen LogP contribution is -2.19. The highest BCUT2D eigenvalue weighted by Gasteiger charge is 2.16. The Labute approximate surface area is 82.8 Å². The van der Waals surface area contributed by atoms with E-state index in [4.69, 9.17) is 10.5 Å².